The molecule has 0 radical (unpaired) electrons. The lowest BCUT2D eigenvalue weighted by Gasteiger charge is -1.94. The summed E-state index contributed by atoms with van der Waals surface area (Å²) >= 11 is 4.32. The Morgan fingerprint density at radius 2 is 2.25 bits per heavy atom. The van der Waals surface area contributed by atoms with Gasteiger partial charge in [-0.2, -0.15) is 0 Å². The smallest absolute Gasteiger partial charge is 0.0625 e. The molecule has 3 heteroatoms. The molecule has 0 rings (SSSR count). The van der Waals surface area contributed by atoms with Crippen LogP contribution in [-0.2, 0) is 12.4 Å². The highest BCUT2D eigenvalue weighted by molar-refractivity contribution is 7.47. The van der Waals surface area contributed by atoms with Crippen molar-refractivity contribution in [3.63, 3.8) is 0 Å². The first-order valence-corrected chi connectivity index (χ1v) is 3.33. The fourth-order valence-corrected chi connectivity index (χ4v) is 0.591. The van der Waals surface area contributed by atoms with Gasteiger partial charge in [0, 0.05) is 6.54 Å². The summed E-state index contributed by atoms with van der Waals surface area (Å²) in [6, 6.07) is 0. The van der Waals surface area contributed by atoms with Crippen molar-refractivity contribution < 1.29 is 0 Å². The largest absolute Gasteiger partial charge is 0.299 e. The molecule has 0 atom stereocenters. The fourth-order valence-electron chi connectivity index (χ4n) is 0.500. The molecule has 0 aromatic heterocycles. The van der Waals surface area contributed by atoms with Crippen LogP contribution in [0.2, 0.25) is 0 Å². The Hall–Kier alpha value is -0.180. The molecule has 0 aliphatic carbocycles. The number of nitrogens with one attached hydrogen (secondary N) is 1. The van der Waals surface area contributed by atoms with E-state index in [1.165, 1.54) is 19.3 Å². The molecule has 0 spiro atoms. The Balaban J connectivity index is 2.62. The van der Waals surface area contributed by atoms with Gasteiger partial charge in [-0.15, -0.1) is 4.47 Å². The van der Waals surface area contributed by atoms with Crippen molar-refractivity contribution in [1.82, 2.24) is 5.43 Å². The first kappa shape index (κ1) is 7.82. The number of hydrogen-bond acceptors (Lipinski definition) is 2. The van der Waals surface area contributed by atoms with Crippen molar-refractivity contribution in [1.29, 1.82) is 0 Å². The third-order valence-electron chi connectivity index (χ3n) is 0.957. The second-order valence-electron chi connectivity index (χ2n) is 1.71. The SMILES string of the molecule is CCCCCNN=S. The summed E-state index contributed by atoms with van der Waals surface area (Å²) in [6.45, 7) is 3.10. The van der Waals surface area contributed by atoms with Gasteiger partial charge < -0.3 is 0 Å². The average molecular weight is 132 g/mol. The van der Waals surface area contributed by atoms with Gasteiger partial charge in [-0.05, 0) is 6.42 Å². The van der Waals surface area contributed by atoms with Crippen LogP contribution in [0.15, 0.2) is 4.47 Å². The van der Waals surface area contributed by atoms with E-state index < -0.39 is 0 Å². The van der Waals surface area contributed by atoms with Gasteiger partial charge >= 0.3 is 0 Å². The lowest BCUT2D eigenvalue weighted by Crippen LogP contribution is -2.04. The Labute approximate surface area is 55.8 Å². The molecule has 0 amide bonds. The molecule has 8 heavy (non-hydrogen) atoms. The molecule has 0 saturated heterocycles. The monoisotopic (exact) mass is 132 g/mol. The van der Waals surface area contributed by atoms with E-state index in [4.69, 9.17) is 0 Å². The van der Waals surface area contributed by atoms with Gasteiger partial charge in [0.15, 0.2) is 0 Å². The van der Waals surface area contributed by atoms with Gasteiger partial charge in [-0.1, -0.05) is 19.8 Å². The van der Waals surface area contributed by atoms with Gasteiger partial charge in [-0.3, -0.25) is 5.43 Å². The van der Waals surface area contributed by atoms with Crippen LogP contribution in [0.5, 0.6) is 0 Å². The predicted molar refractivity (Wildman–Crippen MR) is 37.3 cm³/mol. The van der Waals surface area contributed by atoms with Gasteiger partial charge in [0.05, 0.1) is 12.4 Å². The fraction of sp³-hybridized carbons (Fsp3) is 1.00. The highest BCUT2D eigenvalue weighted by Gasteiger charge is 1.80. The maximum Gasteiger partial charge on any atom is 0.0625 e. The molecular weight excluding hydrogens is 120 g/mol. The first-order valence-electron chi connectivity index (χ1n) is 2.97. The Kier molecular flexibility index (Phi) is 6.67. The third-order valence-corrected chi connectivity index (χ3v) is 1.09. The molecule has 48 valence electrons. The van der Waals surface area contributed by atoms with E-state index >= 15 is 0 Å². The van der Waals surface area contributed by atoms with Gasteiger partial charge in [0.2, 0.25) is 0 Å². The zero-order valence-electron chi connectivity index (χ0n) is 5.18. The van der Waals surface area contributed by atoms with Gasteiger partial charge in [-0.25, -0.2) is 0 Å². The lowest BCUT2D eigenvalue weighted by molar-refractivity contribution is 0.645. The van der Waals surface area contributed by atoms with E-state index in [1.54, 1.807) is 0 Å². The minimum Gasteiger partial charge on any atom is -0.299 e. The summed E-state index contributed by atoms with van der Waals surface area (Å²) in [5.74, 6) is 0. The minimum atomic E-state index is 0.928. The zero-order valence-corrected chi connectivity index (χ0v) is 6.00. The Morgan fingerprint density at radius 1 is 1.50 bits per heavy atom. The van der Waals surface area contributed by atoms with Crippen LogP contribution in [-0.4, -0.2) is 6.54 Å². The molecule has 0 heterocycles. The summed E-state index contributed by atoms with van der Waals surface area (Å²) < 4.78 is 3.34. The van der Waals surface area contributed by atoms with Crippen LogP contribution in [0, 0.1) is 0 Å². The van der Waals surface area contributed by atoms with Gasteiger partial charge in [0.25, 0.3) is 0 Å². The average Bonchev–Trinajstić information content (AvgIpc) is 1.81. The van der Waals surface area contributed by atoms with Crippen molar-refractivity contribution >= 4 is 12.4 Å². The molecule has 1 N–H and O–H groups in total. The summed E-state index contributed by atoms with van der Waals surface area (Å²) in [7, 11) is 0. The van der Waals surface area contributed by atoms with E-state index in [0.717, 1.165) is 6.54 Å². The lowest BCUT2D eigenvalue weighted by atomic mass is 10.3. The van der Waals surface area contributed by atoms with E-state index in [1.807, 2.05) is 0 Å². The first-order chi connectivity index (χ1) is 3.91. The molecule has 2 nitrogen and oxygen atoms in total. The highest BCUT2D eigenvalue weighted by atomic mass is 32.1. The van der Waals surface area contributed by atoms with Crippen LogP contribution in [0.4, 0.5) is 0 Å². The second-order valence-corrected chi connectivity index (χ2v) is 1.89. The molecule has 0 aromatic rings. The third kappa shape index (κ3) is 5.82. The molecule has 0 bridgehead atoms. The van der Waals surface area contributed by atoms with Crippen molar-refractivity contribution in [2.75, 3.05) is 6.54 Å². The van der Waals surface area contributed by atoms with Crippen LogP contribution in [0.1, 0.15) is 26.2 Å². The molecule has 0 saturated carbocycles. The maximum absolute atomic E-state index is 4.32. The van der Waals surface area contributed by atoms with Crippen LogP contribution in [0.3, 0.4) is 0 Å². The zero-order chi connectivity index (χ0) is 6.24. The van der Waals surface area contributed by atoms with Crippen molar-refractivity contribution in [3.8, 4) is 0 Å². The summed E-state index contributed by atoms with van der Waals surface area (Å²) in [4.78, 5) is 0. The quantitative estimate of drug-likeness (QED) is 0.452. The van der Waals surface area contributed by atoms with E-state index in [2.05, 4.69) is 29.2 Å². The molecule has 0 aromatic carbocycles. The van der Waals surface area contributed by atoms with Crippen molar-refractivity contribution in [2.24, 2.45) is 4.47 Å². The summed E-state index contributed by atoms with van der Waals surface area (Å²) in [6.07, 6.45) is 3.69. The molecule has 0 fully saturated rings. The highest BCUT2D eigenvalue weighted by Crippen LogP contribution is 1.90. The number of unbranched alkanes of at least 4 members (excludes halogenated alkanes) is 2. The maximum atomic E-state index is 4.32. The van der Waals surface area contributed by atoms with Crippen LogP contribution >= 0.6 is 0 Å². The van der Waals surface area contributed by atoms with E-state index in [9.17, 15) is 0 Å². The van der Waals surface area contributed by atoms with Crippen LogP contribution < -0.4 is 5.43 Å². The van der Waals surface area contributed by atoms with Crippen molar-refractivity contribution in [2.45, 2.75) is 26.2 Å². The molecule has 0 aliphatic heterocycles. The normalized spacial score (nSPS) is 8.62. The summed E-state index contributed by atoms with van der Waals surface area (Å²) in [5.41, 5.74) is 2.72. The topological polar surface area (TPSA) is 24.4 Å². The number of hydrogen-bond donors (Lipinski definition) is 1. The minimum absolute atomic E-state index is 0.928. The van der Waals surface area contributed by atoms with Crippen LogP contribution in [0.25, 0.3) is 0 Å². The molecular formula is C5H12N2S. The Bertz CT molecular complexity index is 56.4. The van der Waals surface area contributed by atoms with Gasteiger partial charge in [0.1, 0.15) is 0 Å². The molecule has 0 aliphatic rings. The second kappa shape index (κ2) is 6.82. The van der Waals surface area contributed by atoms with E-state index in [0.29, 0.717) is 0 Å². The number of nitrogens with zero attached hydrogens (tertiary/aromatic N) is 1. The molecule has 0 unspecified atom stereocenters. The Morgan fingerprint density at radius 3 is 2.75 bits per heavy atom. The predicted octanol–water partition coefficient (Wildman–Crippen LogP) is 1.41. The number of rotatable bonds is 5. The van der Waals surface area contributed by atoms with Crippen molar-refractivity contribution in [3.05, 3.63) is 0 Å². The summed E-state index contributed by atoms with van der Waals surface area (Å²) in [5, 5.41) is 0. The van der Waals surface area contributed by atoms with E-state index in [-0.39, 0.29) is 0 Å². The standard InChI is InChI=1S/C5H12N2S/c1-2-3-4-5-6-7-8/h2-5H2,1H3,(H,6,8).